The highest BCUT2D eigenvalue weighted by Crippen LogP contribution is 2.39. The van der Waals surface area contributed by atoms with Gasteiger partial charge in [-0.3, -0.25) is 9.59 Å². The van der Waals surface area contributed by atoms with Crippen LogP contribution in [-0.2, 0) is 9.59 Å². The van der Waals surface area contributed by atoms with Crippen LogP contribution in [0.4, 0.5) is 17.2 Å². The number of fused-ring (bicyclic) bond motifs is 1. The van der Waals surface area contributed by atoms with Crippen LogP contribution in [0.25, 0.3) is 10.9 Å². The van der Waals surface area contributed by atoms with Crippen LogP contribution in [0.3, 0.4) is 0 Å². The molecule has 1 heterocycles. The molecular weight excluding hydrogens is 570 g/mol. The minimum Gasteiger partial charge on any atom is -0.493 e. The lowest BCUT2D eigenvalue weighted by Gasteiger charge is -2.22. The van der Waals surface area contributed by atoms with Gasteiger partial charge in [0.2, 0.25) is 5.91 Å². The Morgan fingerprint density at radius 3 is 2.18 bits per heavy atom. The molecule has 2 aromatic carbocycles. The fourth-order valence-electron chi connectivity index (χ4n) is 5.11. The first kappa shape index (κ1) is 35.6. The van der Waals surface area contributed by atoms with Crippen molar-refractivity contribution < 1.29 is 23.8 Å². The third-order valence-corrected chi connectivity index (χ3v) is 7.54. The molecule has 2 N–H and O–H groups in total. The maximum atomic E-state index is 12.3. The molecule has 0 fully saturated rings. The van der Waals surface area contributed by atoms with E-state index in [1.807, 2.05) is 12.1 Å². The number of amides is 1. The Labute approximate surface area is 268 Å². The molecule has 0 bridgehead atoms. The second-order valence-corrected chi connectivity index (χ2v) is 11.2. The molecular formula is C35H51N5O5. The van der Waals surface area contributed by atoms with Crippen LogP contribution in [0.5, 0.6) is 17.2 Å². The number of methoxy groups -OCH3 is 1. The molecule has 0 aliphatic rings. The van der Waals surface area contributed by atoms with Crippen LogP contribution >= 0.6 is 0 Å². The molecule has 0 spiro atoms. The average Bonchev–Trinajstić information content (AvgIpc) is 3.03. The first-order chi connectivity index (χ1) is 21.9. The molecule has 45 heavy (non-hydrogen) atoms. The molecule has 0 saturated carbocycles. The zero-order valence-corrected chi connectivity index (χ0v) is 27.7. The number of carbonyl (C=O) groups is 2. The van der Waals surface area contributed by atoms with Crippen molar-refractivity contribution in [1.29, 1.82) is 0 Å². The number of nitrogens with one attached hydrogen (secondary N) is 2. The van der Waals surface area contributed by atoms with Crippen molar-refractivity contribution in [1.82, 2.24) is 14.9 Å². The number of carbonyl (C=O) groups excluding carboxylic acids is 2. The van der Waals surface area contributed by atoms with Gasteiger partial charge < -0.3 is 29.7 Å². The normalized spacial score (nSPS) is 11.1. The summed E-state index contributed by atoms with van der Waals surface area (Å²) in [5.74, 6) is 1.19. The van der Waals surface area contributed by atoms with E-state index >= 15 is 0 Å². The van der Waals surface area contributed by atoms with Gasteiger partial charge in [-0.1, -0.05) is 65.4 Å². The van der Waals surface area contributed by atoms with Gasteiger partial charge in [-0.25, -0.2) is 9.97 Å². The van der Waals surface area contributed by atoms with E-state index in [0.29, 0.717) is 46.2 Å². The summed E-state index contributed by atoms with van der Waals surface area (Å²) in [6.07, 6.45) is 12.7. The Bertz CT molecular complexity index is 1350. The van der Waals surface area contributed by atoms with Crippen molar-refractivity contribution >= 4 is 40.0 Å². The van der Waals surface area contributed by atoms with Crippen molar-refractivity contribution in [2.24, 2.45) is 0 Å². The maximum absolute atomic E-state index is 12.3. The van der Waals surface area contributed by atoms with Gasteiger partial charge in [-0.2, -0.15) is 0 Å². The number of hydrogen-bond acceptors (Lipinski definition) is 9. The summed E-state index contributed by atoms with van der Waals surface area (Å²) in [6, 6.07) is 8.90. The zero-order chi connectivity index (χ0) is 32.4. The molecule has 0 aliphatic heterocycles. The van der Waals surface area contributed by atoms with Crippen LogP contribution < -0.4 is 24.8 Å². The number of ether oxygens (including phenoxy) is 3. The van der Waals surface area contributed by atoms with E-state index in [-0.39, 0.29) is 18.1 Å². The Kier molecular flexibility index (Phi) is 15.4. The van der Waals surface area contributed by atoms with Crippen molar-refractivity contribution in [3.05, 3.63) is 36.7 Å². The van der Waals surface area contributed by atoms with E-state index in [2.05, 4.69) is 39.3 Å². The standard InChI is InChI=1S/C35H51N5O5/c1-6-9-11-13-19-40(20-14-12-10-7-2)21-16-22-44-32-23-27-30(24-31(32)43-5)36-25-37-35(27)39-29-18-15-17-28(38-26(4)41)34(29)45-33(42)8-3/h15,17-18,23-25H,6-14,16,19-22H2,1-5H3,(H,38,41)(H,36,37,39). The quantitative estimate of drug-likeness (QED) is 0.0696. The lowest BCUT2D eigenvalue weighted by Crippen LogP contribution is -2.28. The number of para-hydroxylation sites is 1. The molecule has 0 radical (unpaired) electrons. The van der Waals surface area contributed by atoms with Gasteiger partial charge in [0.25, 0.3) is 0 Å². The van der Waals surface area contributed by atoms with Gasteiger partial charge >= 0.3 is 5.97 Å². The monoisotopic (exact) mass is 621 g/mol. The Balaban J connectivity index is 1.78. The van der Waals surface area contributed by atoms with Crippen molar-refractivity contribution in [3.8, 4) is 17.2 Å². The minimum atomic E-state index is -0.427. The predicted octanol–water partition coefficient (Wildman–Crippen LogP) is 7.89. The molecule has 3 aromatic rings. The van der Waals surface area contributed by atoms with E-state index in [4.69, 9.17) is 14.2 Å². The number of unbranched alkanes of at least 4 members (excludes halogenated alkanes) is 6. The van der Waals surface area contributed by atoms with E-state index in [0.717, 1.165) is 26.1 Å². The highest BCUT2D eigenvalue weighted by Gasteiger charge is 2.18. The smallest absolute Gasteiger partial charge is 0.311 e. The topological polar surface area (TPSA) is 115 Å². The molecule has 0 unspecified atom stereocenters. The van der Waals surface area contributed by atoms with E-state index < -0.39 is 5.97 Å². The van der Waals surface area contributed by atoms with Crippen LogP contribution in [0.2, 0.25) is 0 Å². The summed E-state index contributed by atoms with van der Waals surface area (Å²) >= 11 is 0. The molecule has 1 aromatic heterocycles. The third kappa shape index (κ3) is 11.5. The summed E-state index contributed by atoms with van der Waals surface area (Å²) in [5, 5.41) is 6.72. The van der Waals surface area contributed by atoms with Crippen LogP contribution in [0, 0.1) is 0 Å². The average molecular weight is 622 g/mol. The first-order valence-corrected chi connectivity index (χ1v) is 16.5. The van der Waals surface area contributed by atoms with E-state index in [9.17, 15) is 9.59 Å². The molecule has 3 rings (SSSR count). The number of aromatic nitrogens is 2. The SMILES string of the molecule is CCCCCCN(CCCCCC)CCCOc1cc2c(Nc3cccc(NC(C)=O)c3OC(=O)CC)ncnc2cc1OC. The number of rotatable bonds is 21. The molecule has 0 atom stereocenters. The highest BCUT2D eigenvalue weighted by atomic mass is 16.5. The Morgan fingerprint density at radius 1 is 0.844 bits per heavy atom. The van der Waals surface area contributed by atoms with Gasteiger partial charge in [0.1, 0.15) is 12.1 Å². The summed E-state index contributed by atoms with van der Waals surface area (Å²) in [4.78, 5) is 35.6. The summed E-state index contributed by atoms with van der Waals surface area (Å²) < 4.78 is 17.6. The fraction of sp³-hybridized carbons (Fsp3) is 0.543. The molecule has 10 nitrogen and oxygen atoms in total. The van der Waals surface area contributed by atoms with Crippen LogP contribution in [-0.4, -0.2) is 60.1 Å². The predicted molar refractivity (Wildman–Crippen MR) is 181 cm³/mol. The number of esters is 1. The van der Waals surface area contributed by atoms with Crippen molar-refractivity contribution in [2.45, 2.75) is 91.9 Å². The van der Waals surface area contributed by atoms with Crippen LogP contribution in [0.15, 0.2) is 36.7 Å². The van der Waals surface area contributed by atoms with Gasteiger partial charge in [0.15, 0.2) is 17.2 Å². The second kappa shape index (κ2) is 19.5. The van der Waals surface area contributed by atoms with Crippen molar-refractivity contribution in [2.75, 3.05) is 44.0 Å². The summed E-state index contributed by atoms with van der Waals surface area (Å²) in [7, 11) is 1.62. The Hall–Kier alpha value is -3.92. The molecule has 1 amide bonds. The molecule has 0 saturated heterocycles. The second-order valence-electron chi connectivity index (χ2n) is 11.2. The van der Waals surface area contributed by atoms with E-state index in [1.165, 1.54) is 64.6 Å². The number of hydrogen-bond donors (Lipinski definition) is 2. The minimum absolute atomic E-state index is 0.181. The largest absolute Gasteiger partial charge is 0.493 e. The lowest BCUT2D eigenvalue weighted by atomic mass is 10.1. The summed E-state index contributed by atoms with van der Waals surface area (Å²) in [6.45, 7) is 11.4. The Morgan fingerprint density at radius 2 is 1.53 bits per heavy atom. The van der Waals surface area contributed by atoms with Gasteiger partial charge in [-0.05, 0) is 50.6 Å². The first-order valence-electron chi connectivity index (χ1n) is 16.5. The molecule has 0 aliphatic carbocycles. The zero-order valence-electron chi connectivity index (χ0n) is 27.7. The lowest BCUT2D eigenvalue weighted by molar-refractivity contribution is -0.134. The molecule has 246 valence electrons. The van der Waals surface area contributed by atoms with Gasteiger partial charge in [0.05, 0.1) is 30.6 Å². The van der Waals surface area contributed by atoms with Gasteiger partial charge in [-0.15, -0.1) is 0 Å². The summed E-state index contributed by atoms with van der Waals surface area (Å²) in [5.41, 5.74) is 1.51. The van der Waals surface area contributed by atoms with Crippen molar-refractivity contribution in [3.63, 3.8) is 0 Å². The van der Waals surface area contributed by atoms with Gasteiger partial charge in [0, 0.05) is 31.3 Å². The third-order valence-electron chi connectivity index (χ3n) is 7.54. The number of benzene rings is 2. The highest BCUT2D eigenvalue weighted by molar-refractivity contribution is 5.96. The maximum Gasteiger partial charge on any atom is 0.311 e. The van der Waals surface area contributed by atoms with Crippen LogP contribution in [0.1, 0.15) is 91.9 Å². The van der Waals surface area contributed by atoms with E-state index in [1.54, 1.807) is 32.2 Å². The molecule has 10 heteroatoms. The fourth-order valence-corrected chi connectivity index (χ4v) is 5.11. The number of anilines is 3. The number of nitrogens with zero attached hydrogens (tertiary/aromatic N) is 3.